The zero-order chi connectivity index (χ0) is 9.68. The van der Waals surface area contributed by atoms with Crippen molar-refractivity contribution in [3.63, 3.8) is 0 Å². The van der Waals surface area contributed by atoms with E-state index < -0.39 is 5.91 Å². The first-order valence-corrected chi connectivity index (χ1v) is 3.90. The number of primary amides is 1. The third-order valence-corrected chi connectivity index (χ3v) is 1.47. The Labute approximate surface area is 75.5 Å². The van der Waals surface area contributed by atoms with E-state index >= 15 is 0 Å². The van der Waals surface area contributed by atoms with E-state index in [1.54, 1.807) is 12.1 Å². The second-order valence-corrected chi connectivity index (χ2v) is 2.60. The Morgan fingerprint density at radius 2 is 2.23 bits per heavy atom. The smallest absolute Gasteiger partial charge is 0.231 e. The lowest BCUT2D eigenvalue weighted by molar-refractivity contribution is -0.117. The van der Waals surface area contributed by atoms with Gasteiger partial charge in [-0.15, -0.1) is 0 Å². The van der Waals surface area contributed by atoms with Gasteiger partial charge >= 0.3 is 0 Å². The normalized spacial score (nSPS) is 10.2. The molecule has 0 bridgehead atoms. The number of nitrogens with two attached hydrogens (primary N) is 1. The summed E-state index contributed by atoms with van der Waals surface area (Å²) in [6.45, 7) is 0.438. The van der Waals surface area contributed by atoms with E-state index in [1.165, 1.54) is 0 Å². The number of aliphatic hydroxyl groups is 1. The number of carbonyl (C=O) groups is 1. The van der Waals surface area contributed by atoms with Gasteiger partial charge in [-0.2, -0.15) is 0 Å². The second-order valence-electron chi connectivity index (χ2n) is 2.60. The maximum absolute atomic E-state index is 10.3. The molecule has 13 heavy (non-hydrogen) atoms. The minimum Gasteiger partial charge on any atom is -0.462 e. The molecule has 0 aliphatic carbocycles. The molecule has 5 heteroatoms. The monoisotopic (exact) mass is 184 g/mol. The summed E-state index contributed by atoms with van der Waals surface area (Å²) in [4.78, 5) is 10.3. The van der Waals surface area contributed by atoms with Crippen molar-refractivity contribution in [1.82, 2.24) is 5.32 Å². The van der Waals surface area contributed by atoms with Crippen molar-refractivity contribution in [3.8, 4) is 0 Å². The van der Waals surface area contributed by atoms with Gasteiger partial charge in [0.2, 0.25) is 5.91 Å². The molecule has 1 aromatic rings. The second kappa shape index (κ2) is 4.64. The van der Waals surface area contributed by atoms with E-state index in [0.717, 1.165) is 0 Å². The quantitative estimate of drug-likeness (QED) is 0.567. The molecular formula is C8H12N2O3. The van der Waals surface area contributed by atoms with Gasteiger partial charge in [0.15, 0.2) is 0 Å². The maximum Gasteiger partial charge on any atom is 0.231 e. The van der Waals surface area contributed by atoms with E-state index in [-0.39, 0.29) is 13.2 Å². The van der Waals surface area contributed by atoms with Crippen LogP contribution in [0, 0.1) is 0 Å². The molecule has 1 rings (SSSR count). The van der Waals surface area contributed by atoms with E-state index in [0.29, 0.717) is 18.1 Å². The highest BCUT2D eigenvalue weighted by Crippen LogP contribution is 2.06. The summed E-state index contributed by atoms with van der Waals surface area (Å²) >= 11 is 0. The average Bonchev–Trinajstić information content (AvgIpc) is 2.52. The molecule has 0 fully saturated rings. The molecule has 0 aliphatic rings. The van der Waals surface area contributed by atoms with Crippen molar-refractivity contribution in [2.75, 3.05) is 6.54 Å². The van der Waals surface area contributed by atoms with Gasteiger partial charge in [-0.05, 0) is 12.1 Å². The van der Waals surface area contributed by atoms with Gasteiger partial charge in [-0.25, -0.2) is 0 Å². The molecule has 1 amide bonds. The van der Waals surface area contributed by atoms with Crippen molar-refractivity contribution in [2.45, 2.75) is 13.2 Å². The van der Waals surface area contributed by atoms with Gasteiger partial charge in [0.25, 0.3) is 0 Å². The van der Waals surface area contributed by atoms with Crippen molar-refractivity contribution < 1.29 is 14.3 Å². The minimum atomic E-state index is -0.408. The largest absolute Gasteiger partial charge is 0.462 e. The van der Waals surface area contributed by atoms with E-state index in [4.69, 9.17) is 15.3 Å². The molecule has 0 saturated carbocycles. The topological polar surface area (TPSA) is 88.5 Å². The first-order valence-electron chi connectivity index (χ1n) is 3.90. The molecular weight excluding hydrogens is 172 g/mol. The number of furan rings is 1. The fourth-order valence-electron chi connectivity index (χ4n) is 0.911. The van der Waals surface area contributed by atoms with Crippen LogP contribution in [-0.4, -0.2) is 17.6 Å². The fourth-order valence-corrected chi connectivity index (χ4v) is 0.911. The maximum atomic E-state index is 10.3. The lowest BCUT2D eigenvalue weighted by atomic mass is 10.4. The van der Waals surface area contributed by atoms with Gasteiger partial charge in [-0.3, -0.25) is 4.79 Å². The molecule has 0 unspecified atom stereocenters. The summed E-state index contributed by atoms with van der Waals surface area (Å²) in [5.41, 5.74) is 4.92. The number of nitrogens with one attached hydrogen (secondary N) is 1. The Kier molecular flexibility index (Phi) is 3.48. The molecule has 5 nitrogen and oxygen atoms in total. The number of hydrogen-bond donors (Lipinski definition) is 3. The number of rotatable bonds is 5. The molecule has 0 aliphatic heterocycles. The zero-order valence-corrected chi connectivity index (χ0v) is 7.12. The van der Waals surface area contributed by atoms with Gasteiger partial charge in [0.1, 0.15) is 18.1 Å². The number of amides is 1. The van der Waals surface area contributed by atoms with Crippen LogP contribution in [0.25, 0.3) is 0 Å². The van der Waals surface area contributed by atoms with Crippen molar-refractivity contribution in [2.24, 2.45) is 5.73 Å². The summed E-state index contributed by atoms with van der Waals surface area (Å²) in [6, 6.07) is 3.42. The Morgan fingerprint density at radius 3 is 2.77 bits per heavy atom. The van der Waals surface area contributed by atoms with Crippen molar-refractivity contribution in [3.05, 3.63) is 23.7 Å². The molecule has 72 valence electrons. The van der Waals surface area contributed by atoms with Gasteiger partial charge in [0.05, 0.1) is 13.1 Å². The Morgan fingerprint density at radius 1 is 1.54 bits per heavy atom. The first-order chi connectivity index (χ1) is 6.22. The average molecular weight is 184 g/mol. The predicted octanol–water partition coefficient (Wildman–Crippen LogP) is -0.653. The third-order valence-electron chi connectivity index (χ3n) is 1.47. The Bertz CT molecular complexity index is 283. The van der Waals surface area contributed by atoms with Gasteiger partial charge in [0, 0.05) is 0 Å². The molecule has 4 N–H and O–H groups in total. The predicted molar refractivity (Wildman–Crippen MR) is 45.5 cm³/mol. The number of carbonyl (C=O) groups excluding carboxylic acids is 1. The van der Waals surface area contributed by atoms with Crippen LogP contribution in [-0.2, 0) is 17.9 Å². The fraction of sp³-hybridized carbons (Fsp3) is 0.375. The molecule has 0 atom stereocenters. The van der Waals surface area contributed by atoms with Crippen LogP contribution in [0.3, 0.4) is 0 Å². The molecule has 0 saturated heterocycles. The molecule has 1 heterocycles. The van der Waals surface area contributed by atoms with Crippen LogP contribution in [0.4, 0.5) is 0 Å². The van der Waals surface area contributed by atoms with Crippen LogP contribution in [0.1, 0.15) is 11.5 Å². The van der Waals surface area contributed by atoms with Crippen LogP contribution in [0.5, 0.6) is 0 Å². The lowest BCUT2D eigenvalue weighted by Crippen LogP contribution is -2.27. The van der Waals surface area contributed by atoms with E-state index in [2.05, 4.69) is 5.32 Å². The summed E-state index contributed by atoms with van der Waals surface area (Å²) in [6.07, 6.45) is 0. The number of hydrogen-bond acceptors (Lipinski definition) is 4. The van der Waals surface area contributed by atoms with Crippen molar-refractivity contribution in [1.29, 1.82) is 0 Å². The first kappa shape index (κ1) is 9.76. The minimum absolute atomic E-state index is 0.115. The van der Waals surface area contributed by atoms with Crippen LogP contribution < -0.4 is 11.1 Å². The summed E-state index contributed by atoms with van der Waals surface area (Å²) < 4.78 is 5.15. The van der Waals surface area contributed by atoms with Crippen molar-refractivity contribution >= 4 is 5.91 Å². The molecule has 0 radical (unpaired) electrons. The Balaban J connectivity index is 2.32. The highest BCUT2D eigenvalue weighted by Gasteiger charge is 2.00. The van der Waals surface area contributed by atoms with Gasteiger partial charge in [-0.1, -0.05) is 0 Å². The lowest BCUT2D eigenvalue weighted by Gasteiger charge is -1.97. The Hall–Kier alpha value is -1.33. The molecule has 0 aromatic carbocycles. The van der Waals surface area contributed by atoms with Gasteiger partial charge < -0.3 is 20.6 Å². The standard InChI is InChI=1S/C8H12N2O3/c9-8(12)4-10-3-6-1-2-7(5-11)13-6/h1-2,10-11H,3-5H2,(H2,9,12). The number of aliphatic hydroxyl groups excluding tert-OH is 1. The van der Waals surface area contributed by atoms with Crippen LogP contribution >= 0.6 is 0 Å². The van der Waals surface area contributed by atoms with E-state index in [9.17, 15) is 4.79 Å². The SMILES string of the molecule is NC(=O)CNCc1ccc(CO)o1. The van der Waals surface area contributed by atoms with Crippen LogP contribution in [0.2, 0.25) is 0 Å². The third kappa shape index (κ3) is 3.27. The summed E-state index contributed by atoms with van der Waals surface area (Å²) in [5, 5.41) is 11.5. The summed E-state index contributed by atoms with van der Waals surface area (Å²) in [5.74, 6) is 0.773. The zero-order valence-electron chi connectivity index (χ0n) is 7.12. The highest BCUT2D eigenvalue weighted by atomic mass is 16.4. The summed E-state index contributed by atoms with van der Waals surface area (Å²) in [7, 11) is 0. The van der Waals surface area contributed by atoms with Crippen LogP contribution in [0.15, 0.2) is 16.5 Å². The molecule has 0 spiro atoms. The highest BCUT2D eigenvalue weighted by molar-refractivity contribution is 5.75. The van der Waals surface area contributed by atoms with E-state index in [1.807, 2.05) is 0 Å². The molecule has 1 aromatic heterocycles.